The van der Waals surface area contributed by atoms with Crippen LogP contribution in [0.2, 0.25) is 0 Å². The highest BCUT2D eigenvalue weighted by Gasteiger charge is 2.16. The molecule has 0 fully saturated rings. The molecule has 0 unspecified atom stereocenters. The molecule has 0 saturated carbocycles. The molecule has 1 N–H and O–H groups in total. The number of unbranched alkanes of at least 4 members (excludes halogenated alkanes) is 2. The van der Waals surface area contributed by atoms with Crippen LogP contribution in [-0.4, -0.2) is 13.7 Å². The Balaban J connectivity index is 2.47. The van der Waals surface area contributed by atoms with Gasteiger partial charge in [0.05, 0.1) is 12.7 Å². The van der Waals surface area contributed by atoms with Gasteiger partial charge in [0.2, 0.25) is 0 Å². The number of hydrogen-bond acceptors (Lipinski definition) is 3. The number of hydrogen-bond donors (Lipinski definition) is 1. The zero-order chi connectivity index (χ0) is 15.7. The van der Waals surface area contributed by atoms with Crippen LogP contribution in [0.1, 0.15) is 57.6 Å². The molecule has 1 aromatic carbocycles. The number of ether oxygens (including phenoxy) is 1. The Labute approximate surface area is 129 Å². The smallest absolute Gasteiger partial charge is 0.136 e. The van der Waals surface area contributed by atoms with Gasteiger partial charge in [0.1, 0.15) is 11.8 Å². The molecule has 1 aromatic rings. The fourth-order valence-corrected chi connectivity index (χ4v) is 2.43. The number of nitrogens with one attached hydrogen (secondary N) is 1. The Bertz CT molecular complexity index is 475. The first-order valence-corrected chi connectivity index (χ1v) is 7.80. The summed E-state index contributed by atoms with van der Waals surface area (Å²) in [5, 5.41) is 12.5. The van der Waals surface area contributed by atoms with E-state index in [0.29, 0.717) is 16.7 Å². The average Bonchev–Trinajstić information content (AvgIpc) is 2.47. The Morgan fingerprint density at radius 2 is 2.05 bits per heavy atom. The fraction of sp³-hybridized carbons (Fsp3) is 0.611. The van der Waals surface area contributed by atoms with Gasteiger partial charge in [-0.2, -0.15) is 5.26 Å². The molecule has 3 heteroatoms. The maximum atomic E-state index is 8.98. The first-order valence-electron chi connectivity index (χ1n) is 7.80. The molecule has 0 aromatic heterocycles. The van der Waals surface area contributed by atoms with Crippen LogP contribution in [0.15, 0.2) is 18.2 Å². The molecular weight excluding hydrogens is 260 g/mol. The predicted molar refractivity (Wildman–Crippen MR) is 87.3 cm³/mol. The lowest BCUT2D eigenvalue weighted by atomic mass is 9.87. The Morgan fingerprint density at radius 3 is 2.67 bits per heavy atom. The van der Waals surface area contributed by atoms with Crippen molar-refractivity contribution in [1.29, 1.82) is 5.26 Å². The summed E-state index contributed by atoms with van der Waals surface area (Å²) in [7, 11) is 1.60. The van der Waals surface area contributed by atoms with Crippen molar-refractivity contribution in [2.24, 2.45) is 5.41 Å². The van der Waals surface area contributed by atoms with Crippen LogP contribution in [0.3, 0.4) is 0 Å². The zero-order valence-corrected chi connectivity index (χ0v) is 13.8. The van der Waals surface area contributed by atoms with Crippen LogP contribution in [0, 0.1) is 16.7 Å². The summed E-state index contributed by atoms with van der Waals surface area (Å²) >= 11 is 0. The van der Waals surface area contributed by atoms with Gasteiger partial charge in [-0.3, -0.25) is 0 Å². The monoisotopic (exact) mass is 288 g/mol. The van der Waals surface area contributed by atoms with Crippen LogP contribution in [0.5, 0.6) is 5.75 Å². The van der Waals surface area contributed by atoms with E-state index in [0.717, 1.165) is 18.7 Å². The van der Waals surface area contributed by atoms with Gasteiger partial charge in [-0.25, -0.2) is 0 Å². The van der Waals surface area contributed by atoms with Crippen molar-refractivity contribution in [1.82, 2.24) is 5.32 Å². The minimum absolute atomic E-state index is 0.325. The second kappa shape index (κ2) is 8.69. The first-order chi connectivity index (χ1) is 10.0. The van der Waals surface area contributed by atoms with E-state index < -0.39 is 0 Å². The van der Waals surface area contributed by atoms with Crippen molar-refractivity contribution in [3.05, 3.63) is 29.3 Å². The summed E-state index contributed by atoms with van der Waals surface area (Å²) in [4.78, 5) is 0. The summed E-state index contributed by atoms with van der Waals surface area (Å²) < 4.78 is 5.24. The van der Waals surface area contributed by atoms with Gasteiger partial charge in [-0.15, -0.1) is 0 Å². The molecule has 0 heterocycles. The fourth-order valence-electron chi connectivity index (χ4n) is 2.43. The minimum atomic E-state index is 0.325. The van der Waals surface area contributed by atoms with E-state index in [4.69, 9.17) is 10.00 Å². The van der Waals surface area contributed by atoms with Crippen LogP contribution in [0.4, 0.5) is 0 Å². The van der Waals surface area contributed by atoms with Gasteiger partial charge in [-0.1, -0.05) is 46.1 Å². The second-order valence-electron chi connectivity index (χ2n) is 6.37. The Morgan fingerprint density at radius 1 is 1.29 bits per heavy atom. The molecule has 0 amide bonds. The molecule has 116 valence electrons. The number of nitrogens with zero attached hydrogens (tertiary/aromatic N) is 1. The van der Waals surface area contributed by atoms with Crippen LogP contribution in [0.25, 0.3) is 0 Å². The first kappa shape index (κ1) is 17.5. The maximum Gasteiger partial charge on any atom is 0.136 e. The third kappa shape index (κ3) is 6.18. The highest BCUT2D eigenvalue weighted by Crippen LogP contribution is 2.23. The van der Waals surface area contributed by atoms with Crippen molar-refractivity contribution < 1.29 is 4.74 Å². The molecule has 21 heavy (non-hydrogen) atoms. The van der Waals surface area contributed by atoms with Crippen molar-refractivity contribution >= 4 is 0 Å². The molecule has 0 aliphatic carbocycles. The Kier molecular flexibility index (Phi) is 7.25. The number of benzene rings is 1. The summed E-state index contributed by atoms with van der Waals surface area (Å²) in [5.74, 6) is 0.652. The summed E-state index contributed by atoms with van der Waals surface area (Å²) in [6.07, 6.45) is 5.14. The lowest BCUT2D eigenvalue weighted by Gasteiger charge is -2.25. The molecule has 0 bridgehead atoms. The van der Waals surface area contributed by atoms with E-state index >= 15 is 0 Å². The third-order valence-corrected chi connectivity index (χ3v) is 3.78. The molecule has 0 aliphatic rings. The second-order valence-corrected chi connectivity index (χ2v) is 6.37. The molecule has 0 radical (unpaired) electrons. The number of rotatable bonds is 9. The van der Waals surface area contributed by atoms with Gasteiger partial charge < -0.3 is 10.1 Å². The van der Waals surface area contributed by atoms with Crippen molar-refractivity contribution in [2.45, 2.75) is 53.0 Å². The average molecular weight is 288 g/mol. The van der Waals surface area contributed by atoms with E-state index in [1.807, 2.05) is 18.2 Å². The summed E-state index contributed by atoms with van der Waals surface area (Å²) in [5.41, 5.74) is 2.06. The lowest BCUT2D eigenvalue weighted by molar-refractivity contribution is 0.302. The van der Waals surface area contributed by atoms with Crippen molar-refractivity contribution in [2.75, 3.05) is 13.7 Å². The largest absolute Gasteiger partial charge is 0.495 e. The van der Waals surface area contributed by atoms with Crippen LogP contribution in [-0.2, 0) is 6.54 Å². The van der Waals surface area contributed by atoms with E-state index in [9.17, 15) is 0 Å². The van der Waals surface area contributed by atoms with Gasteiger partial charge >= 0.3 is 0 Å². The maximum absolute atomic E-state index is 8.98. The van der Waals surface area contributed by atoms with Crippen molar-refractivity contribution in [3.63, 3.8) is 0 Å². The molecule has 0 aliphatic heterocycles. The van der Waals surface area contributed by atoms with Gasteiger partial charge in [0, 0.05) is 13.1 Å². The highest BCUT2D eigenvalue weighted by molar-refractivity contribution is 5.45. The van der Waals surface area contributed by atoms with Gasteiger partial charge in [-0.05, 0) is 29.5 Å². The minimum Gasteiger partial charge on any atom is -0.495 e. The summed E-state index contributed by atoms with van der Waals surface area (Å²) in [6, 6.07) is 7.88. The molecule has 0 spiro atoms. The molecular formula is C18H28N2O. The van der Waals surface area contributed by atoms with Crippen LogP contribution < -0.4 is 10.1 Å². The van der Waals surface area contributed by atoms with E-state index in [1.165, 1.54) is 25.7 Å². The normalized spacial score (nSPS) is 11.2. The molecule has 1 rings (SSSR count). The SMILES string of the molecule is CCCCCC(C)(C)CNCc1ccc(C#N)c(OC)c1. The predicted octanol–water partition coefficient (Wildman–Crippen LogP) is 4.26. The van der Waals surface area contributed by atoms with E-state index in [1.54, 1.807) is 7.11 Å². The molecule has 3 nitrogen and oxygen atoms in total. The quantitative estimate of drug-likeness (QED) is 0.690. The number of methoxy groups -OCH3 is 1. The standard InChI is InChI=1S/C18H28N2O/c1-5-6-7-10-18(2,3)14-20-13-15-8-9-16(12-19)17(11-15)21-4/h8-9,11,20H,5-7,10,13-14H2,1-4H3. The van der Waals surface area contributed by atoms with Gasteiger partial charge in [0.15, 0.2) is 0 Å². The topological polar surface area (TPSA) is 45.0 Å². The zero-order valence-electron chi connectivity index (χ0n) is 13.8. The van der Waals surface area contributed by atoms with E-state index in [2.05, 4.69) is 32.2 Å². The molecule has 0 atom stereocenters. The van der Waals surface area contributed by atoms with E-state index in [-0.39, 0.29) is 0 Å². The Hall–Kier alpha value is -1.53. The highest BCUT2D eigenvalue weighted by atomic mass is 16.5. The number of nitriles is 1. The lowest BCUT2D eigenvalue weighted by Crippen LogP contribution is -2.29. The molecule has 0 saturated heterocycles. The summed E-state index contributed by atoms with van der Waals surface area (Å²) in [6.45, 7) is 8.67. The van der Waals surface area contributed by atoms with Crippen LogP contribution >= 0.6 is 0 Å². The third-order valence-electron chi connectivity index (χ3n) is 3.78. The van der Waals surface area contributed by atoms with Crippen molar-refractivity contribution in [3.8, 4) is 11.8 Å². The van der Waals surface area contributed by atoms with Gasteiger partial charge in [0.25, 0.3) is 0 Å².